The Morgan fingerprint density at radius 1 is 1.58 bits per heavy atom. The Kier molecular flexibility index (Phi) is 14.9. The van der Waals surface area contributed by atoms with Gasteiger partial charge >= 0.3 is 8.25 Å². The number of hydrogen-bond acceptors (Lipinski definition) is 3. The van der Waals surface area contributed by atoms with Crippen LogP contribution in [0.1, 0.15) is 19.8 Å². The van der Waals surface area contributed by atoms with Crippen LogP contribution in [0, 0.1) is 0 Å². The molecule has 0 aromatic heterocycles. The van der Waals surface area contributed by atoms with Gasteiger partial charge in [0.05, 0.1) is 6.61 Å². The zero-order valence-corrected chi connectivity index (χ0v) is 7.66. The van der Waals surface area contributed by atoms with Gasteiger partial charge in [-0.05, 0) is 6.42 Å². The first kappa shape index (κ1) is 13.8. The van der Waals surface area contributed by atoms with Crippen molar-refractivity contribution in [1.82, 2.24) is 0 Å². The molecule has 70 valence electrons. The van der Waals surface area contributed by atoms with E-state index in [1.165, 1.54) is 5.94 Å². The maximum Gasteiger partial charge on any atom is 0.692 e. The molecule has 0 aromatic rings. The first-order chi connectivity index (χ1) is 5.65. The van der Waals surface area contributed by atoms with Gasteiger partial charge in [0.1, 0.15) is 0 Å². The zero-order chi connectivity index (χ0) is 9.82. The maximum absolute atomic E-state index is 9.46. The van der Waals surface area contributed by atoms with Gasteiger partial charge in [-0.2, -0.15) is 0 Å². The zero-order valence-electron chi connectivity index (χ0n) is 6.77. The molecule has 5 nitrogen and oxygen atoms in total. The van der Waals surface area contributed by atoms with Gasteiger partial charge in [0.2, 0.25) is 0 Å². The predicted octanol–water partition coefficient (Wildman–Crippen LogP) is 0.777. The molecule has 6 heteroatoms. The van der Waals surface area contributed by atoms with Gasteiger partial charge in [-0.15, -0.1) is 9.79 Å². The fraction of sp³-hybridized carbons (Fsp3) is 0.667. The summed E-state index contributed by atoms with van der Waals surface area (Å²) in [5.74, 6) is 1.53. The fourth-order valence-corrected chi connectivity index (χ4v) is 0.321. The largest absolute Gasteiger partial charge is 0.692 e. The first-order valence-electron chi connectivity index (χ1n) is 3.31. The summed E-state index contributed by atoms with van der Waals surface area (Å²) in [7, 11) is -2.87. The lowest BCUT2D eigenvalue weighted by molar-refractivity contribution is 0.246. The SMILES string of the molecule is CCCCOC=C=O.O=[P+](O)O. The summed E-state index contributed by atoms with van der Waals surface area (Å²) in [5.41, 5.74) is 0. The Hall–Kier alpha value is -0.730. The van der Waals surface area contributed by atoms with Crippen molar-refractivity contribution in [3.63, 3.8) is 0 Å². The molecule has 0 saturated carbocycles. The van der Waals surface area contributed by atoms with Gasteiger partial charge in [0.15, 0.2) is 12.2 Å². The van der Waals surface area contributed by atoms with Crippen LogP contribution in [0.3, 0.4) is 0 Å². The van der Waals surface area contributed by atoms with E-state index in [-0.39, 0.29) is 0 Å². The highest BCUT2D eigenvalue weighted by Gasteiger charge is 1.93. The lowest BCUT2D eigenvalue weighted by atomic mass is 10.4. The van der Waals surface area contributed by atoms with Crippen LogP contribution < -0.4 is 0 Å². The Bertz CT molecular complexity index is 148. The highest BCUT2D eigenvalue weighted by molar-refractivity contribution is 7.30. The number of unbranched alkanes of at least 4 members (excludes halogenated alkanes) is 1. The summed E-state index contributed by atoms with van der Waals surface area (Å²) in [6.45, 7) is 2.69. The van der Waals surface area contributed by atoms with Crippen LogP contribution in [0.2, 0.25) is 0 Å². The molecule has 2 N–H and O–H groups in total. The topological polar surface area (TPSA) is 83.8 Å². The summed E-state index contributed by atoms with van der Waals surface area (Å²) in [4.78, 5) is 23.7. The molecule has 0 bridgehead atoms. The third-order valence-corrected chi connectivity index (χ3v) is 0.747. The number of hydrogen-bond donors (Lipinski definition) is 2. The van der Waals surface area contributed by atoms with Crippen molar-refractivity contribution in [3.05, 3.63) is 6.26 Å². The van der Waals surface area contributed by atoms with E-state index in [0.29, 0.717) is 6.61 Å². The van der Waals surface area contributed by atoms with Crippen molar-refractivity contribution >= 4 is 14.2 Å². The summed E-state index contributed by atoms with van der Waals surface area (Å²) in [6, 6.07) is 0. The molecule has 0 unspecified atom stereocenters. The van der Waals surface area contributed by atoms with Gasteiger partial charge in [-0.3, -0.25) is 0 Å². The summed E-state index contributed by atoms with van der Waals surface area (Å²) in [6.07, 6.45) is 3.14. The first-order valence-corrected chi connectivity index (χ1v) is 4.47. The van der Waals surface area contributed by atoms with Crippen LogP contribution >= 0.6 is 8.25 Å². The van der Waals surface area contributed by atoms with Crippen LogP contribution in [0.4, 0.5) is 0 Å². The molecule has 0 radical (unpaired) electrons. The Morgan fingerprint density at radius 3 is 2.42 bits per heavy atom. The molecule has 0 aliphatic carbocycles. The van der Waals surface area contributed by atoms with Crippen LogP contribution in [-0.4, -0.2) is 22.3 Å². The van der Waals surface area contributed by atoms with Crippen molar-refractivity contribution < 1.29 is 23.9 Å². The molecule has 0 atom stereocenters. The van der Waals surface area contributed by atoms with Crippen molar-refractivity contribution in [3.8, 4) is 0 Å². The Labute approximate surface area is 71.6 Å². The minimum Gasteiger partial charge on any atom is -0.490 e. The van der Waals surface area contributed by atoms with Crippen LogP contribution in [0.25, 0.3) is 0 Å². The molecule has 0 aliphatic rings. The van der Waals surface area contributed by atoms with Crippen molar-refractivity contribution in [2.45, 2.75) is 19.8 Å². The highest BCUT2D eigenvalue weighted by Crippen LogP contribution is 1.98. The van der Waals surface area contributed by atoms with E-state index >= 15 is 0 Å². The van der Waals surface area contributed by atoms with Gasteiger partial charge in [0, 0.05) is 4.57 Å². The van der Waals surface area contributed by atoms with Gasteiger partial charge in [-0.1, -0.05) is 13.3 Å². The van der Waals surface area contributed by atoms with Crippen molar-refractivity contribution in [2.24, 2.45) is 0 Å². The third-order valence-electron chi connectivity index (χ3n) is 0.747. The number of ether oxygens (including phenoxy) is 1. The lowest BCUT2D eigenvalue weighted by Gasteiger charge is -1.92. The second-order valence-corrected chi connectivity index (χ2v) is 2.22. The minimum atomic E-state index is -2.87. The van der Waals surface area contributed by atoms with Crippen LogP contribution in [0.5, 0.6) is 0 Å². The van der Waals surface area contributed by atoms with Crippen LogP contribution in [-0.2, 0) is 14.1 Å². The number of rotatable bonds is 4. The molecule has 0 aromatic carbocycles. The molecule has 0 spiro atoms. The van der Waals surface area contributed by atoms with E-state index in [0.717, 1.165) is 19.1 Å². The molecule has 0 aliphatic heterocycles. The monoisotopic (exact) mass is 195 g/mol. The highest BCUT2D eigenvalue weighted by atomic mass is 31.1. The fourth-order valence-electron chi connectivity index (χ4n) is 0.321. The Morgan fingerprint density at radius 2 is 2.08 bits per heavy atom. The van der Waals surface area contributed by atoms with E-state index in [1.807, 2.05) is 0 Å². The standard InChI is InChI=1S/C6H10O2.HO3P/c1-2-3-5-8-6-4-7;1-4(2)3/h6H,2-3,5H2,1H3;(H-,1,2,3)/p+1. The van der Waals surface area contributed by atoms with Gasteiger partial charge in [0.25, 0.3) is 0 Å². The van der Waals surface area contributed by atoms with Gasteiger partial charge in [-0.25, -0.2) is 4.79 Å². The van der Waals surface area contributed by atoms with E-state index < -0.39 is 8.25 Å². The summed E-state index contributed by atoms with van der Waals surface area (Å²) >= 11 is 0. The normalized spacial score (nSPS) is 7.25. The Balaban J connectivity index is 0. The quantitative estimate of drug-likeness (QED) is 0.299. The van der Waals surface area contributed by atoms with Crippen molar-refractivity contribution in [2.75, 3.05) is 6.61 Å². The second kappa shape index (κ2) is 12.9. The molecule has 0 fully saturated rings. The van der Waals surface area contributed by atoms with Crippen molar-refractivity contribution in [1.29, 1.82) is 0 Å². The molecule has 0 rings (SSSR count). The molecule has 12 heavy (non-hydrogen) atoms. The molecule has 0 amide bonds. The number of carbonyl (C=O) groups excluding carboxylic acids is 1. The molecular formula is C6H12O5P+. The minimum absolute atomic E-state index is 0.631. The third kappa shape index (κ3) is 34.8. The lowest BCUT2D eigenvalue weighted by Crippen LogP contribution is -1.84. The van der Waals surface area contributed by atoms with E-state index in [2.05, 4.69) is 11.7 Å². The van der Waals surface area contributed by atoms with Gasteiger partial charge < -0.3 is 4.74 Å². The van der Waals surface area contributed by atoms with Crippen LogP contribution in [0.15, 0.2) is 6.26 Å². The second-order valence-electron chi connectivity index (χ2n) is 1.71. The maximum atomic E-state index is 9.46. The van der Waals surface area contributed by atoms with E-state index in [9.17, 15) is 4.79 Å². The molecular weight excluding hydrogens is 183 g/mol. The van der Waals surface area contributed by atoms with E-state index in [1.54, 1.807) is 0 Å². The summed E-state index contributed by atoms with van der Waals surface area (Å²) in [5, 5.41) is 0. The average Bonchev–Trinajstić information content (AvgIpc) is 1.97. The predicted molar refractivity (Wildman–Crippen MR) is 43.2 cm³/mol. The summed E-state index contributed by atoms with van der Waals surface area (Å²) < 4.78 is 13.4. The molecule has 0 saturated heterocycles. The molecule has 0 heterocycles. The smallest absolute Gasteiger partial charge is 0.490 e. The average molecular weight is 195 g/mol. The van der Waals surface area contributed by atoms with E-state index in [4.69, 9.17) is 14.4 Å².